The third-order valence-corrected chi connectivity index (χ3v) is 10.2. The van der Waals surface area contributed by atoms with Crippen LogP contribution in [0.25, 0.3) is 11.1 Å². The van der Waals surface area contributed by atoms with Crippen molar-refractivity contribution in [3.63, 3.8) is 0 Å². The molecule has 0 radical (unpaired) electrons. The maximum Gasteiger partial charge on any atom is 0.321 e. The molecular weight excluding hydrogens is 711 g/mol. The largest absolute Gasteiger partial charge is 0.480 e. The van der Waals surface area contributed by atoms with Gasteiger partial charge in [-0.05, 0) is 41.7 Å². The summed E-state index contributed by atoms with van der Waals surface area (Å²) in [5, 5.41) is 20.9. The first kappa shape index (κ1) is 41.1. The lowest BCUT2D eigenvalue weighted by Crippen LogP contribution is -2.48. The van der Waals surface area contributed by atoms with Gasteiger partial charge in [-0.25, -0.2) is 8.78 Å². The van der Waals surface area contributed by atoms with Crippen LogP contribution in [0.5, 0.6) is 0 Å². The number of benzene rings is 2. The molecular formula is C37H46F2N6O7S. The van der Waals surface area contributed by atoms with E-state index in [-0.39, 0.29) is 43.8 Å². The zero-order chi connectivity index (χ0) is 39.0. The second-order valence-corrected chi connectivity index (χ2v) is 15.2. The van der Waals surface area contributed by atoms with Gasteiger partial charge in [0, 0.05) is 61.4 Å². The number of halogens is 2. The number of aliphatic carboxylic acids is 1. The minimum absolute atomic E-state index is 0.0287. The van der Waals surface area contributed by atoms with Gasteiger partial charge in [-0.1, -0.05) is 51.1 Å². The number of carbonyl (C=O) groups excluding carboxylic acids is 4. The Hall–Kier alpha value is -4.64. The van der Waals surface area contributed by atoms with Gasteiger partial charge in [-0.2, -0.15) is 0 Å². The number of carbonyl (C=O) groups is 5. The van der Waals surface area contributed by atoms with Crippen molar-refractivity contribution in [2.24, 2.45) is 16.9 Å². The summed E-state index contributed by atoms with van der Waals surface area (Å²) < 4.78 is 31.2. The molecule has 0 aliphatic carbocycles. The highest BCUT2D eigenvalue weighted by Gasteiger charge is 2.40. The summed E-state index contributed by atoms with van der Waals surface area (Å²) in [5.74, 6) is -4.68. The number of nitrogens with two attached hydrogens (primary N) is 2. The molecule has 2 heterocycles. The van der Waals surface area contributed by atoms with Gasteiger partial charge < -0.3 is 36.5 Å². The zero-order valence-electron chi connectivity index (χ0n) is 29.8. The number of aliphatic hydroxyl groups is 1. The average Bonchev–Trinajstić information content (AvgIpc) is 3.63. The van der Waals surface area contributed by atoms with E-state index in [0.717, 1.165) is 40.4 Å². The second-order valence-electron chi connectivity index (χ2n) is 13.9. The molecule has 1 unspecified atom stereocenters. The number of carboxylic acid groups (broad SMARTS) is 1. The monoisotopic (exact) mass is 756 g/mol. The Morgan fingerprint density at radius 1 is 1.06 bits per heavy atom. The van der Waals surface area contributed by atoms with E-state index in [1.807, 2.05) is 55.7 Å². The molecule has 0 bridgehead atoms. The number of hydrogen-bond donors (Lipinski definition) is 5. The van der Waals surface area contributed by atoms with E-state index in [1.165, 1.54) is 4.90 Å². The number of amides is 4. The molecule has 4 atom stereocenters. The average molecular weight is 757 g/mol. The van der Waals surface area contributed by atoms with Gasteiger partial charge in [0.15, 0.2) is 0 Å². The molecule has 1 saturated heterocycles. The third kappa shape index (κ3) is 10.5. The molecule has 0 spiro atoms. The SMILES string of the molecule is CC(C)(C)[C@H](c1cc(-c2cc(F)ccc2F)cn1Cc1ccccc1)N(CC[C@H](N)C(=O)NCCN1C(=O)CC(SC[C@H](N)C(=O)O)C1=O)C(=O)CO. The van der Waals surface area contributed by atoms with Gasteiger partial charge in [-0.3, -0.25) is 28.9 Å². The molecule has 1 aromatic heterocycles. The third-order valence-electron chi connectivity index (χ3n) is 8.88. The van der Waals surface area contributed by atoms with Gasteiger partial charge in [-0.15, -0.1) is 11.8 Å². The van der Waals surface area contributed by atoms with Crippen molar-refractivity contribution in [3.05, 3.63) is 83.7 Å². The summed E-state index contributed by atoms with van der Waals surface area (Å²) in [7, 11) is 0. The summed E-state index contributed by atoms with van der Waals surface area (Å²) in [5.41, 5.74) is 13.0. The Balaban J connectivity index is 1.50. The maximum atomic E-state index is 15.0. The topological polar surface area (TPSA) is 201 Å². The smallest absolute Gasteiger partial charge is 0.321 e. The van der Waals surface area contributed by atoms with Crippen molar-refractivity contribution in [1.29, 1.82) is 0 Å². The lowest BCUT2D eigenvalue weighted by molar-refractivity contribution is -0.140. The Kier molecular flexibility index (Phi) is 13.9. The van der Waals surface area contributed by atoms with Crippen molar-refractivity contribution < 1.29 is 43.0 Å². The molecule has 4 amide bonds. The molecule has 4 rings (SSSR count). The predicted molar refractivity (Wildman–Crippen MR) is 195 cm³/mol. The number of likely N-dealkylation sites (tertiary alicyclic amines) is 1. The number of aromatic nitrogens is 1. The van der Waals surface area contributed by atoms with Crippen LogP contribution < -0.4 is 16.8 Å². The predicted octanol–water partition coefficient (Wildman–Crippen LogP) is 2.50. The highest BCUT2D eigenvalue weighted by molar-refractivity contribution is 8.00. The lowest BCUT2D eigenvalue weighted by Gasteiger charge is -2.41. The van der Waals surface area contributed by atoms with Crippen molar-refractivity contribution in [1.82, 2.24) is 19.7 Å². The molecule has 1 aliphatic heterocycles. The first-order chi connectivity index (χ1) is 25.0. The molecule has 13 nitrogen and oxygen atoms in total. The zero-order valence-corrected chi connectivity index (χ0v) is 30.7. The number of hydrogen-bond acceptors (Lipinski definition) is 9. The number of aliphatic hydroxyl groups excluding tert-OH is 1. The van der Waals surface area contributed by atoms with Gasteiger partial charge in [0.1, 0.15) is 24.3 Å². The fourth-order valence-electron chi connectivity index (χ4n) is 6.24. The van der Waals surface area contributed by atoms with Crippen LogP contribution in [0, 0.1) is 17.0 Å². The van der Waals surface area contributed by atoms with Crippen LogP contribution in [-0.4, -0.2) is 104 Å². The Morgan fingerprint density at radius 2 is 1.75 bits per heavy atom. The summed E-state index contributed by atoms with van der Waals surface area (Å²) in [6, 6.07) is 11.3. The van der Waals surface area contributed by atoms with Gasteiger partial charge >= 0.3 is 5.97 Å². The molecule has 286 valence electrons. The van der Waals surface area contributed by atoms with E-state index in [1.54, 1.807) is 12.3 Å². The Morgan fingerprint density at radius 3 is 2.40 bits per heavy atom. The van der Waals surface area contributed by atoms with Crippen molar-refractivity contribution in [2.75, 3.05) is 32.0 Å². The molecule has 3 aromatic rings. The molecule has 1 aliphatic rings. The van der Waals surface area contributed by atoms with E-state index in [4.69, 9.17) is 16.6 Å². The highest BCUT2D eigenvalue weighted by atomic mass is 32.2. The van der Waals surface area contributed by atoms with Crippen molar-refractivity contribution >= 4 is 41.4 Å². The first-order valence-electron chi connectivity index (χ1n) is 17.1. The van der Waals surface area contributed by atoms with Gasteiger partial charge in [0.25, 0.3) is 0 Å². The van der Waals surface area contributed by atoms with Crippen molar-refractivity contribution in [3.8, 4) is 11.1 Å². The van der Waals surface area contributed by atoms with Crippen LogP contribution in [0.2, 0.25) is 0 Å². The van der Waals surface area contributed by atoms with Crippen LogP contribution >= 0.6 is 11.8 Å². The molecule has 0 saturated carbocycles. The summed E-state index contributed by atoms with van der Waals surface area (Å²) in [6.07, 6.45) is 1.56. The quantitative estimate of drug-likeness (QED) is 0.128. The molecule has 2 aromatic carbocycles. The molecule has 53 heavy (non-hydrogen) atoms. The van der Waals surface area contributed by atoms with Gasteiger partial charge in [0.05, 0.1) is 17.3 Å². The number of nitrogens with zero attached hydrogens (tertiary/aromatic N) is 3. The van der Waals surface area contributed by atoms with Crippen LogP contribution in [0.4, 0.5) is 8.78 Å². The number of imide groups is 1. The molecule has 1 fully saturated rings. The number of carboxylic acids is 1. The fourth-order valence-corrected chi connectivity index (χ4v) is 7.35. The summed E-state index contributed by atoms with van der Waals surface area (Å²) in [4.78, 5) is 65.1. The van der Waals surface area contributed by atoms with E-state index >= 15 is 4.39 Å². The minimum Gasteiger partial charge on any atom is -0.480 e. The normalized spacial score (nSPS) is 16.4. The lowest BCUT2D eigenvalue weighted by atomic mass is 9.82. The Labute approximate surface area is 310 Å². The number of thioether (sulfide) groups is 1. The first-order valence-corrected chi connectivity index (χ1v) is 18.1. The Bertz CT molecular complexity index is 1800. The maximum absolute atomic E-state index is 15.0. The van der Waals surface area contributed by atoms with E-state index < -0.39 is 76.6 Å². The fraction of sp³-hybridized carbons (Fsp3) is 0.432. The minimum atomic E-state index is -1.22. The van der Waals surface area contributed by atoms with Crippen LogP contribution in [0.15, 0.2) is 60.8 Å². The number of rotatable bonds is 17. The summed E-state index contributed by atoms with van der Waals surface area (Å²) in [6.45, 7) is 4.92. The highest BCUT2D eigenvalue weighted by Crippen LogP contribution is 2.41. The van der Waals surface area contributed by atoms with Crippen molar-refractivity contribution in [2.45, 2.75) is 63.5 Å². The van der Waals surface area contributed by atoms with E-state index in [0.29, 0.717) is 17.8 Å². The van der Waals surface area contributed by atoms with Gasteiger partial charge in [0.2, 0.25) is 23.6 Å². The van der Waals surface area contributed by atoms with Crippen LogP contribution in [-0.2, 0) is 30.5 Å². The van der Waals surface area contributed by atoms with Crippen LogP contribution in [0.3, 0.4) is 0 Å². The molecule has 16 heteroatoms. The standard InChI is InChI=1S/C37H46F2N6O7S/c1-37(2,3)33(29-15-23(25-16-24(38)9-10-26(25)39)19-43(29)18-22-7-5-4-6-8-22)44(32(48)20-46)13-11-27(40)34(49)42-12-14-45-31(47)17-30(35(45)50)53-21-28(41)36(51)52/h4-10,15-16,19,27-28,30,33,46H,11-14,17-18,20-21,40-41H2,1-3H3,(H,42,49)(H,51,52)/t27-,28-,30?,33-/m0/s1. The second kappa shape index (κ2) is 17.9. The van der Waals surface area contributed by atoms with E-state index in [2.05, 4.69) is 5.32 Å². The summed E-state index contributed by atoms with van der Waals surface area (Å²) >= 11 is 0.990. The van der Waals surface area contributed by atoms with E-state index in [9.17, 15) is 33.5 Å². The van der Waals surface area contributed by atoms with Crippen LogP contribution in [0.1, 0.15) is 50.9 Å². The molecule has 7 N–H and O–H groups in total. The number of nitrogens with one attached hydrogen (secondary N) is 1.